The minimum absolute atomic E-state index is 0.235. The smallest absolute Gasteiger partial charge is 0.246 e. The zero-order valence-corrected chi connectivity index (χ0v) is 8.36. The van der Waals surface area contributed by atoms with E-state index >= 15 is 0 Å². The van der Waals surface area contributed by atoms with Crippen molar-refractivity contribution in [2.75, 3.05) is 7.11 Å². The number of nitrogens with two attached hydrogens (primary N) is 1. The van der Waals surface area contributed by atoms with Gasteiger partial charge in [-0.2, -0.15) is 0 Å². The maximum atomic E-state index is 10.9. The van der Waals surface area contributed by atoms with Gasteiger partial charge in [-0.05, 0) is 0 Å². The van der Waals surface area contributed by atoms with Crippen molar-refractivity contribution in [2.45, 2.75) is 12.5 Å². The van der Waals surface area contributed by atoms with E-state index in [1.165, 1.54) is 19.5 Å². The first kappa shape index (κ1) is 10.9. The van der Waals surface area contributed by atoms with Crippen LogP contribution in [0.15, 0.2) is 12.4 Å². The first-order valence-electron chi connectivity index (χ1n) is 3.92. The van der Waals surface area contributed by atoms with Crippen molar-refractivity contribution in [1.82, 2.24) is 9.97 Å². The molecule has 0 bridgehead atoms. The average molecular weight is 216 g/mol. The lowest BCUT2D eigenvalue weighted by atomic mass is 10.2. The van der Waals surface area contributed by atoms with Crippen LogP contribution in [0.1, 0.15) is 5.69 Å². The van der Waals surface area contributed by atoms with E-state index in [9.17, 15) is 4.79 Å². The van der Waals surface area contributed by atoms with Gasteiger partial charge in [0, 0.05) is 25.9 Å². The molecule has 0 spiro atoms. The van der Waals surface area contributed by atoms with E-state index in [1.54, 1.807) is 0 Å². The fourth-order valence-electron chi connectivity index (χ4n) is 0.962. The van der Waals surface area contributed by atoms with E-state index in [4.69, 9.17) is 22.1 Å². The topological polar surface area (TPSA) is 78.1 Å². The summed E-state index contributed by atoms with van der Waals surface area (Å²) in [6.07, 6.45) is 2.48. The Morgan fingerprint density at radius 1 is 1.64 bits per heavy atom. The molecular formula is C8H10ClN3O2. The third-order valence-electron chi connectivity index (χ3n) is 1.70. The first-order valence-corrected chi connectivity index (χ1v) is 4.30. The Morgan fingerprint density at radius 2 is 2.29 bits per heavy atom. The van der Waals surface area contributed by atoms with Crippen LogP contribution in [-0.4, -0.2) is 29.1 Å². The fraction of sp³-hybridized carbons (Fsp3) is 0.375. The fourth-order valence-corrected chi connectivity index (χ4v) is 1.14. The molecule has 1 heterocycles. The number of primary amides is 1. The molecule has 0 saturated heterocycles. The van der Waals surface area contributed by atoms with Gasteiger partial charge in [-0.1, -0.05) is 11.6 Å². The number of methoxy groups -OCH3 is 1. The van der Waals surface area contributed by atoms with Crippen molar-refractivity contribution in [1.29, 1.82) is 0 Å². The molecule has 0 aromatic carbocycles. The summed E-state index contributed by atoms with van der Waals surface area (Å²) >= 11 is 5.75. The molecule has 6 heteroatoms. The summed E-state index contributed by atoms with van der Waals surface area (Å²) in [6, 6.07) is 0. The molecule has 1 aromatic heterocycles. The molecule has 5 nitrogen and oxygen atoms in total. The molecule has 1 unspecified atom stereocenters. The van der Waals surface area contributed by atoms with Crippen LogP contribution >= 0.6 is 11.6 Å². The largest absolute Gasteiger partial charge is 0.371 e. The average Bonchev–Trinajstić information content (AvgIpc) is 2.16. The lowest BCUT2D eigenvalue weighted by molar-refractivity contribution is -0.127. The molecular weight excluding hydrogens is 206 g/mol. The van der Waals surface area contributed by atoms with Crippen molar-refractivity contribution in [3.63, 3.8) is 0 Å². The maximum Gasteiger partial charge on any atom is 0.246 e. The Balaban J connectivity index is 2.77. The normalized spacial score (nSPS) is 12.4. The number of nitrogens with zero attached hydrogens (tertiary/aromatic N) is 2. The van der Waals surface area contributed by atoms with E-state index in [2.05, 4.69) is 9.97 Å². The number of carbonyl (C=O) groups excluding carboxylic acids is 1. The van der Waals surface area contributed by atoms with E-state index in [-0.39, 0.29) is 11.6 Å². The third-order valence-corrected chi connectivity index (χ3v) is 2.02. The van der Waals surface area contributed by atoms with Crippen LogP contribution in [0, 0.1) is 0 Å². The van der Waals surface area contributed by atoms with Crippen molar-refractivity contribution in [3.8, 4) is 0 Å². The third kappa shape index (κ3) is 2.65. The zero-order valence-electron chi connectivity index (χ0n) is 7.61. The summed E-state index contributed by atoms with van der Waals surface area (Å²) < 4.78 is 4.87. The highest BCUT2D eigenvalue weighted by molar-refractivity contribution is 6.30. The second-order valence-electron chi connectivity index (χ2n) is 2.62. The molecule has 14 heavy (non-hydrogen) atoms. The van der Waals surface area contributed by atoms with Crippen LogP contribution in [0.25, 0.3) is 0 Å². The summed E-state index contributed by atoms with van der Waals surface area (Å²) in [5.74, 6) is -0.547. The lowest BCUT2D eigenvalue weighted by Gasteiger charge is -2.10. The Morgan fingerprint density at radius 3 is 2.79 bits per heavy atom. The summed E-state index contributed by atoms with van der Waals surface area (Å²) in [5, 5.41) is 0.260. The van der Waals surface area contributed by atoms with E-state index in [0.29, 0.717) is 5.69 Å². The van der Waals surface area contributed by atoms with Crippen LogP contribution in [-0.2, 0) is 16.0 Å². The van der Waals surface area contributed by atoms with Crippen LogP contribution < -0.4 is 5.73 Å². The number of hydrogen-bond acceptors (Lipinski definition) is 4. The number of hydrogen-bond donors (Lipinski definition) is 1. The summed E-state index contributed by atoms with van der Waals surface area (Å²) in [7, 11) is 1.40. The second kappa shape index (κ2) is 4.88. The molecule has 1 atom stereocenters. The second-order valence-corrected chi connectivity index (χ2v) is 2.98. The highest BCUT2D eigenvalue weighted by Crippen LogP contribution is 2.11. The van der Waals surface area contributed by atoms with Gasteiger partial charge in [-0.3, -0.25) is 9.78 Å². The number of ether oxygens (including phenoxy) is 1. The number of carbonyl (C=O) groups is 1. The zero-order chi connectivity index (χ0) is 10.6. The van der Waals surface area contributed by atoms with Crippen molar-refractivity contribution in [3.05, 3.63) is 23.2 Å². The van der Waals surface area contributed by atoms with Crippen LogP contribution in [0.2, 0.25) is 5.15 Å². The standard InChI is InChI=1S/C8H10ClN3O2/c1-14-6(8(10)13)4-5-7(9)12-3-2-11-5/h2-3,6H,4H2,1H3,(H2,10,13). The SMILES string of the molecule is COC(Cc1nccnc1Cl)C(N)=O. The van der Waals surface area contributed by atoms with Gasteiger partial charge in [0.25, 0.3) is 0 Å². The van der Waals surface area contributed by atoms with E-state index in [0.717, 1.165) is 0 Å². The molecule has 76 valence electrons. The van der Waals surface area contributed by atoms with Crippen LogP contribution in [0.3, 0.4) is 0 Å². The van der Waals surface area contributed by atoms with Gasteiger partial charge in [0.2, 0.25) is 5.91 Å². The molecule has 0 aliphatic rings. The molecule has 1 rings (SSSR count). The van der Waals surface area contributed by atoms with Gasteiger partial charge in [0.05, 0.1) is 5.69 Å². The Hall–Kier alpha value is -1.20. The molecule has 2 N–H and O–H groups in total. The predicted octanol–water partition coefficient (Wildman–Crippen LogP) is 0.173. The number of halogens is 1. The lowest BCUT2D eigenvalue weighted by Crippen LogP contribution is -2.32. The number of aromatic nitrogens is 2. The predicted molar refractivity (Wildman–Crippen MR) is 50.7 cm³/mol. The van der Waals surface area contributed by atoms with Crippen molar-refractivity contribution in [2.24, 2.45) is 5.73 Å². The van der Waals surface area contributed by atoms with Gasteiger partial charge < -0.3 is 10.5 Å². The quantitative estimate of drug-likeness (QED) is 0.777. The molecule has 1 aromatic rings. The molecule has 0 saturated carbocycles. The molecule has 0 radical (unpaired) electrons. The Labute approximate surface area is 86.2 Å². The molecule has 1 amide bonds. The number of rotatable bonds is 4. The highest BCUT2D eigenvalue weighted by Gasteiger charge is 2.17. The molecule has 0 aliphatic carbocycles. The minimum Gasteiger partial charge on any atom is -0.371 e. The Bertz CT molecular complexity index is 332. The van der Waals surface area contributed by atoms with Gasteiger partial charge in [-0.25, -0.2) is 4.98 Å². The maximum absolute atomic E-state index is 10.9. The summed E-state index contributed by atoms with van der Waals surface area (Å²) in [6.45, 7) is 0. The van der Waals surface area contributed by atoms with Gasteiger partial charge >= 0.3 is 0 Å². The van der Waals surface area contributed by atoms with E-state index in [1.807, 2.05) is 0 Å². The molecule has 0 aliphatic heterocycles. The highest BCUT2D eigenvalue weighted by atomic mass is 35.5. The summed E-state index contributed by atoms with van der Waals surface area (Å²) in [4.78, 5) is 18.6. The van der Waals surface area contributed by atoms with Crippen molar-refractivity contribution >= 4 is 17.5 Å². The Kier molecular flexibility index (Phi) is 3.79. The van der Waals surface area contributed by atoms with Gasteiger partial charge in [0.15, 0.2) is 5.15 Å². The van der Waals surface area contributed by atoms with Gasteiger partial charge in [0.1, 0.15) is 6.10 Å². The monoisotopic (exact) mass is 215 g/mol. The minimum atomic E-state index is -0.718. The number of amides is 1. The van der Waals surface area contributed by atoms with Crippen molar-refractivity contribution < 1.29 is 9.53 Å². The van der Waals surface area contributed by atoms with Gasteiger partial charge in [-0.15, -0.1) is 0 Å². The van der Waals surface area contributed by atoms with Crippen LogP contribution in [0.4, 0.5) is 0 Å². The van der Waals surface area contributed by atoms with E-state index < -0.39 is 12.0 Å². The first-order chi connectivity index (χ1) is 6.65. The van der Waals surface area contributed by atoms with Crippen LogP contribution in [0.5, 0.6) is 0 Å². The molecule has 0 fully saturated rings. The summed E-state index contributed by atoms with van der Waals surface area (Å²) in [5.41, 5.74) is 5.59.